The molecule has 5 nitrogen and oxygen atoms in total. The van der Waals surface area contributed by atoms with Crippen LogP contribution in [0.5, 0.6) is 11.5 Å². The van der Waals surface area contributed by atoms with Gasteiger partial charge in [0.15, 0.2) is 0 Å². The summed E-state index contributed by atoms with van der Waals surface area (Å²) in [5.41, 5.74) is 1.84. The van der Waals surface area contributed by atoms with Crippen LogP contribution < -0.4 is 18.5 Å². The number of anilines is 2. The monoisotopic (exact) mass is 447 g/mol. The van der Waals surface area contributed by atoms with E-state index < -0.39 is 13.2 Å². The molecule has 2 aromatic rings. The van der Waals surface area contributed by atoms with Crippen molar-refractivity contribution in [2.45, 2.75) is 27.1 Å². The van der Waals surface area contributed by atoms with E-state index in [9.17, 15) is 22.8 Å². The fourth-order valence-corrected chi connectivity index (χ4v) is 2.88. The largest absolute Gasteiger partial charge is 0.435 e. The van der Waals surface area contributed by atoms with Crippen LogP contribution in [-0.4, -0.2) is 13.2 Å². The molecule has 0 aliphatic heterocycles. The maximum atomic E-state index is 12.5. The van der Waals surface area contributed by atoms with E-state index in [0.29, 0.717) is 16.8 Å². The Morgan fingerprint density at radius 1 is 0.889 bits per heavy atom. The maximum absolute atomic E-state index is 12.5. The van der Waals surface area contributed by atoms with Crippen LogP contribution >= 0.6 is 16.1 Å². The molecule has 0 atom stereocenters. The van der Waals surface area contributed by atoms with E-state index in [1.165, 1.54) is 34.4 Å². The molecule has 0 radical (unpaired) electrons. The van der Waals surface area contributed by atoms with E-state index in [0.717, 1.165) is 5.01 Å². The number of aryl methyl sites for hydroxylation is 2. The van der Waals surface area contributed by atoms with Gasteiger partial charge >= 0.3 is 13.2 Å². The van der Waals surface area contributed by atoms with Gasteiger partial charge in [-0.3, -0.25) is 0 Å². The lowest BCUT2D eigenvalue weighted by Crippen LogP contribution is -2.32. The van der Waals surface area contributed by atoms with Crippen molar-refractivity contribution in [2.24, 2.45) is 0 Å². The minimum absolute atomic E-state index is 0.0977. The Kier molecular flexibility index (Phi) is 6.74. The molecule has 0 aliphatic rings. The second-order valence-corrected chi connectivity index (χ2v) is 6.00. The molecule has 2 rings (SSSR count). The lowest BCUT2D eigenvalue weighted by atomic mass is 10.2. The third-order valence-corrected chi connectivity index (χ3v) is 4.21. The highest BCUT2D eigenvalue weighted by Crippen LogP contribution is 2.34. The van der Waals surface area contributed by atoms with Crippen molar-refractivity contribution in [3.63, 3.8) is 0 Å². The Morgan fingerprint density at radius 2 is 1.33 bits per heavy atom. The number of alkyl halides is 4. The van der Waals surface area contributed by atoms with Crippen molar-refractivity contribution in [3.8, 4) is 17.7 Å². The quantitative estimate of drug-likeness (QED) is 0.184. The molecule has 0 amide bonds. The van der Waals surface area contributed by atoms with Crippen LogP contribution in [0.25, 0.3) is 0 Å². The van der Waals surface area contributed by atoms with Gasteiger partial charge in [0.2, 0.25) is 6.19 Å². The first kappa shape index (κ1) is 20.6. The first-order valence-electron chi connectivity index (χ1n) is 7.49. The first-order chi connectivity index (χ1) is 12.7. The zero-order valence-corrected chi connectivity index (χ0v) is 15.8. The number of benzene rings is 2. The van der Waals surface area contributed by atoms with Crippen molar-refractivity contribution in [3.05, 3.63) is 47.5 Å². The summed E-state index contributed by atoms with van der Waals surface area (Å²) >= 11 is 3.21. The van der Waals surface area contributed by atoms with Crippen LogP contribution in [0, 0.1) is 25.3 Å². The number of ether oxygens (including phenoxy) is 2. The molecule has 0 saturated heterocycles. The zero-order valence-electron chi connectivity index (χ0n) is 14.2. The fraction of sp³-hybridized carbons (Fsp3) is 0.235. The van der Waals surface area contributed by atoms with Gasteiger partial charge in [0.05, 0.1) is 27.5 Å². The number of hydrogen-bond donors (Lipinski definition) is 0. The van der Waals surface area contributed by atoms with Crippen LogP contribution in [-0.2, 0) is 0 Å². The molecule has 0 N–H and O–H groups in total. The highest BCUT2D eigenvalue weighted by molar-refractivity contribution is 9.10. The number of rotatable bonds is 7. The van der Waals surface area contributed by atoms with Crippen molar-refractivity contribution in [1.82, 2.24) is 0 Å². The summed E-state index contributed by atoms with van der Waals surface area (Å²) in [6, 6.07) is 8.36. The summed E-state index contributed by atoms with van der Waals surface area (Å²) in [4.78, 5) is 0. The van der Waals surface area contributed by atoms with Gasteiger partial charge in [-0.2, -0.15) is 27.8 Å². The number of halogens is 5. The van der Waals surface area contributed by atoms with Gasteiger partial charge < -0.3 is 9.47 Å². The van der Waals surface area contributed by atoms with Gasteiger partial charge in [0, 0.05) is 12.1 Å². The molecule has 0 fully saturated rings. The Hall–Kier alpha value is -2.67. The number of nitriles is 1. The molecule has 0 saturated carbocycles. The van der Waals surface area contributed by atoms with Crippen molar-refractivity contribution in [2.75, 3.05) is 9.04 Å². The molecule has 2 aromatic carbocycles. The molecule has 0 spiro atoms. The Labute approximate surface area is 161 Å². The van der Waals surface area contributed by atoms with Crippen LogP contribution in [0.2, 0.25) is 0 Å². The minimum Gasteiger partial charge on any atom is -0.435 e. The average Bonchev–Trinajstić information content (AvgIpc) is 2.59. The summed E-state index contributed by atoms with van der Waals surface area (Å²) in [5, 5.41) is 10.6. The number of nitrogens with zero attached hydrogens (tertiary/aromatic N) is 3. The average molecular weight is 448 g/mol. The molecule has 0 unspecified atom stereocenters. The maximum Gasteiger partial charge on any atom is 0.387 e. The van der Waals surface area contributed by atoms with Gasteiger partial charge in [-0.1, -0.05) is 12.1 Å². The Morgan fingerprint density at radius 3 is 1.78 bits per heavy atom. The molecule has 0 aliphatic carbocycles. The SMILES string of the molecule is Cc1ccc(OC(F)F)cc1N(Br)N(C#N)c1cc(OC(F)F)ccc1C. The van der Waals surface area contributed by atoms with E-state index in [1.807, 2.05) is 6.19 Å². The third kappa shape index (κ3) is 5.17. The molecular formula is C17H14BrF4N3O2. The highest BCUT2D eigenvalue weighted by Gasteiger charge is 2.21. The molecule has 27 heavy (non-hydrogen) atoms. The van der Waals surface area contributed by atoms with Gasteiger partial charge in [-0.25, -0.2) is 4.03 Å². The van der Waals surface area contributed by atoms with Gasteiger partial charge in [-0.05, 0) is 37.1 Å². The van der Waals surface area contributed by atoms with Crippen LogP contribution in [0.1, 0.15) is 11.1 Å². The lowest BCUT2D eigenvalue weighted by molar-refractivity contribution is -0.0505. The standard InChI is InChI=1S/C17H14BrF4N3O2/c1-10-3-5-12(26-16(19)20)7-14(10)24(9-23)25(18)15-8-13(27-17(21)22)6-4-11(15)2/h3-8,16-17H,1-2H3. The minimum atomic E-state index is -3.01. The van der Waals surface area contributed by atoms with Crippen molar-refractivity contribution in [1.29, 1.82) is 5.26 Å². The Balaban J connectivity index is 2.42. The summed E-state index contributed by atoms with van der Waals surface area (Å²) < 4.78 is 59.8. The first-order valence-corrected chi connectivity index (χ1v) is 8.20. The van der Waals surface area contributed by atoms with E-state index in [4.69, 9.17) is 0 Å². The molecule has 10 heteroatoms. The summed E-state index contributed by atoms with van der Waals surface area (Å²) in [5.74, 6) is -0.224. The number of hydrazine groups is 1. The van der Waals surface area contributed by atoms with Gasteiger partial charge in [-0.15, -0.1) is 0 Å². The predicted molar refractivity (Wildman–Crippen MR) is 95.1 cm³/mol. The second kappa shape index (κ2) is 8.81. The highest BCUT2D eigenvalue weighted by atomic mass is 79.9. The fourth-order valence-electron chi connectivity index (χ4n) is 2.25. The predicted octanol–water partition coefficient (Wildman–Crippen LogP) is 5.53. The second-order valence-electron chi connectivity index (χ2n) is 5.33. The third-order valence-electron chi connectivity index (χ3n) is 3.51. The van der Waals surface area contributed by atoms with Crippen LogP contribution in [0.15, 0.2) is 36.4 Å². The summed E-state index contributed by atoms with van der Waals surface area (Å²) in [7, 11) is 0. The molecule has 0 heterocycles. The van der Waals surface area contributed by atoms with E-state index in [-0.39, 0.29) is 17.2 Å². The molecule has 144 valence electrons. The van der Waals surface area contributed by atoms with E-state index in [1.54, 1.807) is 19.9 Å². The van der Waals surface area contributed by atoms with E-state index in [2.05, 4.69) is 25.6 Å². The topological polar surface area (TPSA) is 48.7 Å². The van der Waals surface area contributed by atoms with Crippen molar-refractivity contribution < 1.29 is 27.0 Å². The normalized spacial score (nSPS) is 10.7. The smallest absolute Gasteiger partial charge is 0.387 e. The molecular weight excluding hydrogens is 434 g/mol. The van der Waals surface area contributed by atoms with E-state index >= 15 is 0 Å². The van der Waals surface area contributed by atoms with Gasteiger partial charge in [0.1, 0.15) is 11.5 Å². The van der Waals surface area contributed by atoms with Crippen LogP contribution in [0.3, 0.4) is 0 Å². The zero-order chi connectivity index (χ0) is 20.1. The molecule has 0 bridgehead atoms. The summed E-state index contributed by atoms with van der Waals surface area (Å²) in [6.45, 7) is -2.63. The van der Waals surface area contributed by atoms with Crippen LogP contribution in [0.4, 0.5) is 28.9 Å². The van der Waals surface area contributed by atoms with Crippen molar-refractivity contribution >= 4 is 27.5 Å². The Bertz CT molecular complexity index is 845. The number of hydrogen-bond acceptors (Lipinski definition) is 5. The van der Waals surface area contributed by atoms with Gasteiger partial charge in [0.25, 0.3) is 0 Å². The lowest BCUT2D eigenvalue weighted by Gasteiger charge is -2.28. The summed E-state index contributed by atoms with van der Waals surface area (Å²) in [6.07, 6.45) is 1.91. The molecule has 0 aromatic heterocycles.